The van der Waals surface area contributed by atoms with E-state index in [4.69, 9.17) is 0 Å². The van der Waals surface area contributed by atoms with E-state index in [1.807, 2.05) is 54.6 Å². The Morgan fingerprint density at radius 2 is 1.83 bits per heavy atom. The number of aryl methyl sites for hydroxylation is 2. The van der Waals surface area contributed by atoms with Crippen LogP contribution >= 0.6 is 0 Å². The molecule has 0 spiro atoms. The minimum atomic E-state index is -3.35. The van der Waals surface area contributed by atoms with Gasteiger partial charge in [0.05, 0.1) is 11.7 Å². The second-order valence-corrected chi connectivity index (χ2v) is 9.69. The van der Waals surface area contributed by atoms with Crippen molar-refractivity contribution in [2.24, 2.45) is 5.92 Å². The number of amides is 1. The third-order valence-corrected chi connectivity index (χ3v) is 7.44. The van der Waals surface area contributed by atoms with Crippen molar-refractivity contribution in [1.29, 1.82) is 0 Å². The lowest BCUT2D eigenvalue weighted by Gasteiger charge is -2.31. The zero-order valence-electron chi connectivity index (χ0n) is 17.0. The Morgan fingerprint density at radius 1 is 1.10 bits per heavy atom. The summed E-state index contributed by atoms with van der Waals surface area (Å²) in [6.07, 6.45) is 3.60. The zero-order valence-corrected chi connectivity index (χ0v) is 17.8. The maximum atomic E-state index is 12.8. The summed E-state index contributed by atoms with van der Waals surface area (Å²) in [6, 6.07) is 17.7. The first kappa shape index (κ1) is 21.5. The van der Waals surface area contributed by atoms with E-state index >= 15 is 0 Å². The molecule has 1 N–H and O–H groups in total. The number of rotatable bonds is 8. The third kappa shape index (κ3) is 5.90. The molecule has 1 aliphatic rings. The number of carbonyl (C=O) groups excluding carboxylic acids is 1. The monoisotopic (exact) mass is 414 g/mol. The minimum Gasteiger partial charge on any atom is -0.326 e. The van der Waals surface area contributed by atoms with Crippen LogP contribution < -0.4 is 5.32 Å². The van der Waals surface area contributed by atoms with Gasteiger partial charge in [-0.3, -0.25) is 4.79 Å². The molecule has 0 aliphatic carbocycles. The highest BCUT2D eigenvalue weighted by Crippen LogP contribution is 2.23. The van der Waals surface area contributed by atoms with E-state index in [0.29, 0.717) is 19.4 Å². The van der Waals surface area contributed by atoms with Gasteiger partial charge in [0.15, 0.2) is 0 Å². The number of nitrogens with zero attached hydrogens (tertiary/aromatic N) is 1. The molecule has 6 heteroatoms. The Bertz CT molecular complexity index is 913. The third-order valence-electron chi connectivity index (χ3n) is 5.52. The summed E-state index contributed by atoms with van der Waals surface area (Å²) in [6.45, 7) is 2.83. The molecule has 3 rings (SSSR count). The van der Waals surface area contributed by atoms with Gasteiger partial charge in [0.2, 0.25) is 15.9 Å². The number of benzene rings is 2. The maximum absolute atomic E-state index is 12.8. The molecule has 0 unspecified atom stereocenters. The first-order valence-electron chi connectivity index (χ1n) is 10.4. The summed E-state index contributed by atoms with van der Waals surface area (Å²) in [5, 5.41) is 3.01. The quantitative estimate of drug-likeness (QED) is 0.713. The number of piperidine rings is 1. The van der Waals surface area contributed by atoms with Crippen LogP contribution in [0.5, 0.6) is 0 Å². The van der Waals surface area contributed by atoms with Crippen molar-refractivity contribution >= 4 is 21.6 Å². The van der Waals surface area contributed by atoms with Crippen LogP contribution in [0.2, 0.25) is 0 Å². The van der Waals surface area contributed by atoms with Gasteiger partial charge in [0.25, 0.3) is 0 Å². The van der Waals surface area contributed by atoms with E-state index < -0.39 is 10.0 Å². The lowest BCUT2D eigenvalue weighted by molar-refractivity contribution is -0.120. The summed E-state index contributed by atoms with van der Waals surface area (Å²) >= 11 is 0. The number of para-hydroxylation sites is 1. The second kappa shape index (κ2) is 10.0. The summed E-state index contributed by atoms with van der Waals surface area (Å²) in [4.78, 5) is 12.8. The largest absolute Gasteiger partial charge is 0.326 e. The number of anilines is 1. The molecule has 0 saturated carbocycles. The van der Waals surface area contributed by atoms with Crippen LogP contribution in [-0.2, 0) is 27.7 Å². The predicted octanol–water partition coefficient (Wildman–Crippen LogP) is 3.86. The van der Waals surface area contributed by atoms with Crippen LogP contribution in [0.3, 0.4) is 0 Å². The van der Waals surface area contributed by atoms with Crippen LogP contribution in [0.15, 0.2) is 54.6 Å². The van der Waals surface area contributed by atoms with Crippen molar-refractivity contribution in [2.75, 3.05) is 24.2 Å². The number of hydrogen-bond donors (Lipinski definition) is 1. The van der Waals surface area contributed by atoms with Crippen LogP contribution in [-0.4, -0.2) is 37.5 Å². The summed E-state index contributed by atoms with van der Waals surface area (Å²) in [5.74, 6) is -0.276. The lowest BCUT2D eigenvalue weighted by Crippen LogP contribution is -2.44. The maximum Gasteiger partial charge on any atom is 0.228 e. The molecule has 0 radical (unpaired) electrons. The molecule has 2 aromatic rings. The Balaban J connectivity index is 1.56. The summed E-state index contributed by atoms with van der Waals surface area (Å²) in [7, 11) is -3.35. The van der Waals surface area contributed by atoms with Crippen molar-refractivity contribution in [1.82, 2.24) is 4.31 Å². The zero-order chi connectivity index (χ0) is 20.7. The first-order valence-corrected chi connectivity index (χ1v) is 12.0. The van der Waals surface area contributed by atoms with Gasteiger partial charge in [-0.2, -0.15) is 0 Å². The molecule has 2 aromatic carbocycles. The van der Waals surface area contributed by atoms with Gasteiger partial charge < -0.3 is 5.32 Å². The predicted molar refractivity (Wildman–Crippen MR) is 117 cm³/mol. The lowest BCUT2D eigenvalue weighted by atomic mass is 9.98. The van der Waals surface area contributed by atoms with E-state index in [2.05, 4.69) is 12.2 Å². The molecule has 1 saturated heterocycles. The molecular formula is C23H30N2O3S. The van der Waals surface area contributed by atoms with Gasteiger partial charge in [-0.25, -0.2) is 12.7 Å². The molecular weight excluding hydrogens is 384 g/mol. The fraction of sp³-hybridized carbons (Fsp3) is 0.435. The van der Waals surface area contributed by atoms with E-state index in [1.54, 1.807) is 0 Å². The number of hydrogen-bond acceptors (Lipinski definition) is 3. The van der Waals surface area contributed by atoms with Gasteiger partial charge in [0.1, 0.15) is 0 Å². The molecule has 1 aliphatic heterocycles. The van der Waals surface area contributed by atoms with Crippen LogP contribution in [0.1, 0.15) is 37.3 Å². The van der Waals surface area contributed by atoms with Gasteiger partial charge in [0, 0.05) is 18.8 Å². The standard InChI is InChI=1S/C23H30N2O3S/c1-2-20-13-6-7-15-22(20)24-23(26)21-14-8-16-25(18-21)29(27,28)17-9-12-19-10-4-3-5-11-19/h3-7,10-11,13,15,21H,2,8-9,12,14,16-18H2,1H3,(H,24,26)/t21-/m0/s1. The fourth-order valence-corrected chi connectivity index (χ4v) is 5.41. The average Bonchev–Trinajstić information content (AvgIpc) is 2.75. The number of nitrogens with one attached hydrogen (secondary N) is 1. The normalized spacial score (nSPS) is 17.8. The van der Waals surface area contributed by atoms with Crippen molar-refractivity contribution in [3.63, 3.8) is 0 Å². The molecule has 1 atom stereocenters. The van der Waals surface area contributed by atoms with Gasteiger partial charge >= 0.3 is 0 Å². The number of carbonyl (C=O) groups is 1. The molecule has 29 heavy (non-hydrogen) atoms. The van der Waals surface area contributed by atoms with Crippen molar-refractivity contribution in [2.45, 2.75) is 39.0 Å². The highest BCUT2D eigenvalue weighted by Gasteiger charge is 2.32. The summed E-state index contributed by atoms with van der Waals surface area (Å²) in [5.41, 5.74) is 3.05. The highest BCUT2D eigenvalue weighted by atomic mass is 32.2. The van der Waals surface area contributed by atoms with Crippen LogP contribution in [0, 0.1) is 5.92 Å². The second-order valence-electron chi connectivity index (χ2n) is 7.60. The molecule has 0 aromatic heterocycles. The molecule has 156 valence electrons. The van der Waals surface area contributed by atoms with Crippen molar-refractivity contribution in [3.05, 3.63) is 65.7 Å². The van der Waals surface area contributed by atoms with E-state index in [0.717, 1.165) is 36.1 Å². The smallest absolute Gasteiger partial charge is 0.228 e. The van der Waals surface area contributed by atoms with Gasteiger partial charge in [-0.15, -0.1) is 0 Å². The van der Waals surface area contributed by atoms with E-state index in [1.165, 1.54) is 4.31 Å². The minimum absolute atomic E-state index is 0.0879. The van der Waals surface area contributed by atoms with E-state index in [9.17, 15) is 13.2 Å². The Hall–Kier alpha value is -2.18. The Kier molecular flexibility index (Phi) is 7.45. The van der Waals surface area contributed by atoms with Crippen molar-refractivity contribution in [3.8, 4) is 0 Å². The van der Waals surface area contributed by atoms with Crippen molar-refractivity contribution < 1.29 is 13.2 Å². The molecule has 0 bridgehead atoms. The number of sulfonamides is 1. The molecule has 1 heterocycles. The Morgan fingerprint density at radius 3 is 2.59 bits per heavy atom. The fourth-order valence-electron chi connectivity index (χ4n) is 3.83. The highest BCUT2D eigenvalue weighted by molar-refractivity contribution is 7.89. The van der Waals surface area contributed by atoms with Crippen LogP contribution in [0.4, 0.5) is 5.69 Å². The molecule has 1 fully saturated rings. The topological polar surface area (TPSA) is 66.5 Å². The van der Waals surface area contributed by atoms with E-state index in [-0.39, 0.29) is 24.1 Å². The molecule has 5 nitrogen and oxygen atoms in total. The van der Waals surface area contributed by atoms with Crippen LogP contribution in [0.25, 0.3) is 0 Å². The average molecular weight is 415 g/mol. The Labute approximate surface area is 174 Å². The molecule has 1 amide bonds. The van der Waals surface area contributed by atoms with Gasteiger partial charge in [-0.1, -0.05) is 55.5 Å². The van der Waals surface area contributed by atoms with Gasteiger partial charge in [-0.05, 0) is 49.3 Å². The first-order chi connectivity index (χ1) is 14.0. The summed E-state index contributed by atoms with van der Waals surface area (Å²) < 4.78 is 27.1. The SMILES string of the molecule is CCc1ccccc1NC(=O)[C@H]1CCCN(S(=O)(=O)CCCc2ccccc2)C1.